The van der Waals surface area contributed by atoms with Crippen LogP contribution in [0.25, 0.3) is 0 Å². The van der Waals surface area contributed by atoms with E-state index in [4.69, 9.17) is 10.5 Å². The summed E-state index contributed by atoms with van der Waals surface area (Å²) in [4.78, 5) is 4.58. The van der Waals surface area contributed by atoms with E-state index < -0.39 is 0 Å². The molecule has 0 heterocycles. The highest BCUT2D eigenvalue weighted by Crippen LogP contribution is 2.41. The van der Waals surface area contributed by atoms with Gasteiger partial charge in [-0.2, -0.15) is 0 Å². The molecule has 0 aromatic rings. The Morgan fingerprint density at radius 1 is 1.35 bits per heavy atom. The second-order valence-corrected chi connectivity index (χ2v) is 6.46. The molecule has 0 aromatic carbocycles. The number of hydrogen-bond acceptors (Lipinski definition) is 2. The van der Waals surface area contributed by atoms with Crippen molar-refractivity contribution in [2.75, 3.05) is 26.3 Å². The minimum atomic E-state index is 0.333. The van der Waals surface area contributed by atoms with E-state index >= 15 is 0 Å². The number of nitrogens with two attached hydrogens (primary N) is 1. The Hall–Kier alpha value is -0.770. The van der Waals surface area contributed by atoms with Crippen molar-refractivity contribution in [3.05, 3.63) is 0 Å². The van der Waals surface area contributed by atoms with Crippen molar-refractivity contribution in [2.24, 2.45) is 22.1 Å². The molecule has 4 heteroatoms. The third-order valence-electron chi connectivity index (χ3n) is 4.26. The Kier molecular flexibility index (Phi) is 7.97. The average molecular weight is 283 g/mol. The molecule has 118 valence electrons. The molecule has 0 spiro atoms. The van der Waals surface area contributed by atoms with Gasteiger partial charge >= 0.3 is 0 Å². The van der Waals surface area contributed by atoms with Crippen LogP contribution in [0.1, 0.15) is 59.3 Å². The number of guanidine groups is 1. The molecule has 4 nitrogen and oxygen atoms in total. The highest BCUT2D eigenvalue weighted by molar-refractivity contribution is 5.77. The summed E-state index contributed by atoms with van der Waals surface area (Å²) >= 11 is 0. The van der Waals surface area contributed by atoms with Gasteiger partial charge in [-0.3, -0.25) is 4.99 Å². The third kappa shape index (κ3) is 6.60. The summed E-state index contributed by atoms with van der Waals surface area (Å²) in [6, 6.07) is 0. The van der Waals surface area contributed by atoms with E-state index in [1.54, 1.807) is 0 Å². The number of nitrogens with zero attached hydrogens (tertiary/aromatic N) is 1. The molecular formula is C16H33N3O. The zero-order valence-electron chi connectivity index (χ0n) is 13.6. The molecule has 0 radical (unpaired) electrons. The summed E-state index contributed by atoms with van der Waals surface area (Å²) in [5, 5.41) is 3.22. The molecular weight excluding hydrogens is 250 g/mol. The fraction of sp³-hybridized carbons (Fsp3) is 0.938. The topological polar surface area (TPSA) is 59.6 Å². The summed E-state index contributed by atoms with van der Waals surface area (Å²) < 4.78 is 5.52. The molecule has 1 rings (SSSR count). The largest absolute Gasteiger partial charge is 0.382 e. The molecule has 0 aromatic heterocycles. The van der Waals surface area contributed by atoms with E-state index in [0.717, 1.165) is 39.1 Å². The second-order valence-electron chi connectivity index (χ2n) is 6.46. The maximum atomic E-state index is 5.96. The van der Waals surface area contributed by atoms with Gasteiger partial charge in [-0.1, -0.05) is 26.7 Å². The third-order valence-corrected chi connectivity index (χ3v) is 4.26. The predicted octanol–water partition coefficient (Wildman–Crippen LogP) is 2.92. The summed E-state index contributed by atoms with van der Waals surface area (Å²) in [6.07, 6.45) is 7.42. The minimum absolute atomic E-state index is 0.333. The van der Waals surface area contributed by atoms with Gasteiger partial charge in [-0.05, 0) is 43.9 Å². The van der Waals surface area contributed by atoms with Gasteiger partial charge in [-0.15, -0.1) is 0 Å². The van der Waals surface area contributed by atoms with Gasteiger partial charge in [0, 0.05) is 26.3 Å². The Labute approximate surface area is 124 Å². The monoisotopic (exact) mass is 283 g/mol. The molecule has 3 N–H and O–H groups in total. The Morgan fingerprint density at radius 3 is 2.65 bits per heavy atom. The maximum Gasteiger partial charge on any atom is 0.188 e. The number of hydrogen-bond donors (Lipinski definition) is 2. The molecule has 0 saturated heterocycles. The standard InChI is InChI=1S/C16H33N3O/c1-4-20-12-10-16(8-5-6-9-16)13-19-15(17)18-11-7-14(2)3/h14H,4-13H2,1-3H3,(H3,17,18,19). The van der Waals surface area contributed by atoms with E-state index in [0.29, 0.717) is 17.3 Å². The average Bonchev–Trinajstić information content (AvgIpc) is 2.86. The van der Waals surface area contributed by atoms with Crippen LogP contribution in [0.15, 0.2) is 4.99 Å². The van der Waals surface area contributed by atoms with Crippen LogP contribution in [0.3, 0.4) is 0 Å². The van der Waals surface area contributed by atoms with E-state index in [1.165, 1.54) is 25.7 Å². The number of aliphatic imine (C=N–C) groups is 1. The highest BCUT2D eigenvalue weighted by atomic mass is 16.5. The van der Waals surface area contributed by atoms with Gasteiger partial charge < -0.3 is 15.8 Å². The summed E-state index contributed by atoms with van der Waals surface area (Å²) in [6.45, 7) is 9.91. The fourth-order valence-corrected chi connectivity index (χ4v) is 2.84. The van der Waals surface area contributed by atoms with E-state index in [9.17, 15) is 0 Å². The van der Waals surface area contributed by atoms with Gasteiger partial charge in [-0.25, -0.2) is 0 Å². The van der Waals surface area contributed by atoms with Gasteiger partial charge in [0.25, 0.3) is 0 Å². The number of rotatable bonds is 9. The lowest BCUT2D eigenvalue weighted by molar-refractivity contribution is 0.107. The normalized spacial score (nSPS) is 18.7. The molecule has 0 aliphatic heterocycles. The van der Waals surface area contributed by atoms with Crippen LogP contribution in [0, 0.1) is 11.3 Å². The lowest BCUT2D eigenvalue weighted by Crippen LogP contribution is -2.34. The Balaban J connectivity index is 2.36. The molecule has 0 unspecified atom stereocenters. The quantitative estimate of drug-likeness (QED) is 0.388. The first-order chi connectivity index (χ1) is 9.58. The van der Waals surface area contributed by atoms with E-state index in [-0.39, 0.29) is 0 Å². The minimum Gasteiger partial charge on any atom is -0.382 e. The van der Waals surface area contributed by atoms with Crippen molar-refractivity contribution in [2.45, 2.75) is 59.3 Å². The van der Waals surface area contributed by atoms with Crippen LogP contribution in [0.4, 0.5) is 0 Å². The fourth-order valence-electron chi connectivity index (χ4n) is 2.84. The smallest absolute Gasteiger partial charge is 0.188 e. The maximum absolute atomic E-state index is 5.96. The van der Waals surface area contributed by atoms with Gasteiger partial charge in [0.1, 0.15) is 0 Å². The molecule has 20 heavy (non-hydrogen) atoms. The molecule has 0 bridgehead atoms. The Morgan fingerprint density at radius 2 is 2.05 bits per heavy atom. The molecule has 1 aliphatic carbocycles. The van der Waals surface area contributed by atoms with Crippen LogP contribution in [-0.4, -0.2) is 32.3 Å². The molecule has 0 atom stereocenters. The molecule has 0 amide bonds. The first-order valence-electron chi connectivity index (χ1n) is 8.19. The predicted molar refractivity (Wildman–Crippen MR) is 86.0 cm³/mol. The van der Waals surface area contributed by atoms with Crippen molar-refractivity contribution in [1.82, 2.24) is 5.32 Å². The van der Waals surface area contributed by atoms with E-state index in [1.807, 2.05) is 0 Å². The lowest BCUT2D eigenvalue weighted by atomic mass is 9.83. The number of ether oxygens (including phenoxy) is 1. The highest BCUT2D eigenvalue weighted by Gasteiger charge is 2.33. The first kappa shape index (κ1) is 17.3. The van der Waals surface area contributed by atoms with Crippen molar-refractivity contribution in [3.8, 4) is 0 Å². The van der Waals surface area contributed by atoms with Crippen LogP contribution < -0.4 is 11.1 Å². The Bertz CT molecular complexity index is 283. The zero-order chi connectivity index (χ0) is 14.8. The number of nitrogens with one attached hydrogen (secondary N) is 1. The van der Waals surface area contributed by atoms with Crippen molar-refractivity contribution < 1.29 is 4.74 Å². The van der Waals surface area contributed by atoms with Gasteiger partial charge in [0.2, 0.25) is 0 Å². The van der Waals surface area contributed by atoms with Crippen molar-refractivity contribution in [1.29, 1.82) is 0 Å². The van der Waals surface area contributed by atoms with Gasteiger partial charge in [0.05, 0.1) is 0 Å². The molecule has 1 fully saturated rings. The summed E-state index contributed by atoms with van der Waals surface area (Å²) in [5.41, 5.74) is 6.29. The summed E-state index contributed by atoms with van der Waals surface area (Å²) in [7, 11) is 0. The van der Waals surface area contributed by atoms with E-state index in [2.05, 4.69) is 31.1 Å². The molecule has 1 saturated carbocycles. The summed E-state index contributed by atoms with van der Waals surface area (Å²) in [5.74, 6) is 1.30. The van der Waals surface area contributed by atoms with Crippen LogP contribution in [0.5, 0.6) is 0 Å². The molecule has 1 aliphatic rings. The van der Waals surface area contributed by atoms with Crippen LogP contribution in [0.2, 0.25) is 0 Å². The lowest BCUT2D eigenvalue weighted by Gasteiger charge is -2.27. The SMILES string of the molecule is CCOCCC1(CN=C(N)NCCC(C)C)CCCC1. The van der Waals surface area contributed by atoms with Crippen LogP contribution in [-0.2, 0) is 4.74 Å². The van der Waals surface area contributed by atoms with Crippen LogP contribution >= 0.6 is 0 Å². The first-order valence-corrected chi connectivity index (χ1v) is 8.19. The van der Waals surface area contributed by atoms with Crippen molar-refractivity contribution >= 4 is 5.96 Å². The zero-order valence-corrected chi connectivity index (χ0v) is 13.6. The van der Waals surface area contributed by atoms with Gasteiger partial charge in [0.15, 0.2) is 5.96 Å². The van der Waals surface area contributed by atoms with Crippen molar-refractivity contribution in [3.63, 3.8) is 0 Å². The second kappa shape index (κ2) is 9.22.